The molecule has 0 atom stereocenters. The smallest absolute Gasteiger partial charge is 0.188 e. The third-order valence-corrected chi connectivity index (χ3v) is 6.72. The van der Waals surface area contributed by atoms with Gasteiger partial charge in [0, 0.05) is 0 Å². The Balaban J connectivity index is 3.77. The molecule has 0 radical (unpaired) electrons. The molecule has 0 aromatic heterocycles. The summed E-state index contributed by atoms with van der Waals surface area (Å²) in [6, 6.07) is 0. The largest absolute Gasteiger partial charge is 0.432 e. The van der Waals surface area contributed by atoms with E-state index in [4.69, 9.17) is 5.73 Å². The van der Waals surface area contributed by atoms with E-state index in [1.54, 1.807) is 0 Å². The molecule has 0 aromatic carbocycles. The summed E-state index contributed by atoms with van der Waals surface area (Å²) in [6.45, 7) is 9.20. The summed E-state index contributed by atoms with van der Waals surface area (Å²) in [7, 11) is -1.98. The van der Waals surface area contributed by atoms with Gasteiger partial charge in [0.05, 0.1) is 0 Å². The highest BCUT2D eigenvalue weighted by Gasteiger charge is 2.36. The standard InChI is InChI=1S/C10H25NOSi/c1-10(2,13(3,4)12)8-6-5-7-9-11/h12H,5-9,11H2,1-4H3. The van der Waals surface area contributed by atoms with Gasteiger partial charge >= 0.3 is 0 Å². The summed E-state index contributed by atoms with van der Waals surface area (Å²) in [5, 5.41) is 0.140. The van der Waals surface area contributed by atoms with Crippen LogP contribution in [0.1, 0.15) is 39.5 Å². The molecule has 0 unspecified atom stereocenters. The molecular formula is C10H25NOSi. The second kappa shape index (κ2) is 5.13. The lowest BCUT2D eigenvalue weighted by Crippen LogP contribution is -2.38. The first-order valence-electron chi connectivity index (χ1n) is 5.24. The maximum absolute atomic E-state index is 10.0. The highest BCUT2D eigenvalue weighted by atomic mass is 28.4. The summed E-state index contributed by atoms with van der Waals surface area (Å²) in [5.74, 6) is 0. The molecule has 0 saturated heterocycles. The third kappa shape index (κ3) is 4.79. The van der Waals surface area contributed by atoms with Gasteiger partial charge in [-0.1, -0.05) is 26.7 Å². The molecule has 0 fully saturated rings. The van der Waals surface area contributed by atoms with E-state index in [-0.39, 0.29) is 5.04 Å². The van der Waals surface area contributed by atoms with Gasteiger partial charge in [-0.25, -0.2) is 0 Å². The Morgan fingerprint density at radius 1 is 1.15 bits per heavy atom. The lowest BCUT2D eigenvalue weighted by atomic mass is 10.0. The van der Waals surface area contributed by atoms with E-state index < -0.39 is 8.32 Å². The van der Waals surface area contributed by atoms with Gasteiger partial charge in [-0.3, -0.25) is 0 Å². The average molecular weight is 203 g/mol. The van der Waals surface area contributed by atoms with Crippen molar-refractivity contribution >= 4 is 8.32 Å². The predicted octanol–water partition coefficient (Wildman–Crippen LogP) is 2.48. The van der Waals surface area contributed by atoms with Gasteiger partial charge < -0.3 is 10.5 Å². The van der Waals surface area contributed by atoms with Gasteiger partial charge in [-0.15, -0.1) is 0 Å². The molecule has 0 amide bonds. The zero-order valence-corrected chi connectivity index (χ0v) is 10.6. The Morgan fingerprint density at radius 3 is 2.08 bits per heavy atom. The fraction of sp³-hybridized carbons (Fsp3) is 1.00. The van der Waals surface area contributed by atoms with E-state index in [1.165, 1.54) is 12.8 Å². The zero-order chi connectivity index (χ0) is 10.5. The second-order valence-electron chi connectivity index (χ2n) is 5.04. The molecule has 0 aliphatic rings. The Morgan fingerprint density at radius 2 is 1.69 bits per heavy atom. The molecule has 0 heterocycles. The predicted molar refractivity (Wildman–Crippen MR) is 61.3 cm³/mol. The Bertz CT molecular complexity index is 140. The number of unbranched alkanes of at least 4 members (excludes halogenated alkanes) is 2. The summed E-state index contributed by atoms with van der Waals surface area (Å²) >= 11 is 0. The van der Waals surface area contributed by atoms with Crippen molar-refractivity contribution in [1.29, 1.82) is 0 Å². The molecule has 3 heteroatoms. The molecule has 2 nitrogen and oxygen atoms in total. The van der Waals surface area contributed by atoms with Crippen molar-refractivity contribution in [2.24, 2.45) is 5.73 Å². The van der Waals surface area contributed by atoms with Crippen LogP contribution in [-0.2, 0) is 0 Å². The van der Waals surface area contributed by atoms with Crippen LogP contribution in [0.15, 0.2) is 0 Å². The number of hydrogen-bond donors (Lipinski definition) is 2. The minimum absolute atomic E-state index is 0.140. The van der Waals surface area contributed by atoms with Gasteiger partial charge in [0.1, 0.15) is 0 Å². The molecule has 0 spiro atoms. The molecular weight excluding hydrogens is 178 g/mol. The molecule has 0 saturated carbocycles. The molecule has 0 aromatic rings. The van der Waals surface area contributed by atoms with E-state index in [2.05, 4.69) is 13.8 Å². The first-order valence-corrected chi connectivity index (χ1v) is 8.18. The Hall–Kier alpha value is 0.137. The average Bonchev–Trinajstić information content (AvgIpc) is 1.96. The van der Waals surface area contributed by atoms with Crippen molar-refractivity contribution in [1.82, 2.24) is 0 Å². The minimum atomic E-state index is -1.98. The third-order valence-electron chi connectivity index (χ3n) is 3.16. The summed E-state index contributed by atoms with van der Waals surface area (Å²) < 4.78 is 0. The first kappa shape index (κ1) is 13.1. The topological polar surface area (TPSA) is 46.2 Å². The van der Waals surface area contributed by atoms with Gasteiger partial charge in [0.15, 0.2) is 8.32 Å². The van der Waals surface area contributed by atoms with Crippen LogP contribution in [0.4, 0.5) is 0 Å². The van der Waals surface area contributed by atoms with E-state index in [1.807, 2.05) is 13.1 Å². The van der Waals surface area contributed by atoms with Crippen molar-refractivity contribution in [3.05, 3.63) is 0 Å². The van der Waals surface area contributed by atoms with E-state index in [0.717, 1.165) is 19.4 Å². The molecule has 80 valence electrons. The van der Waals surface area contributed by atoms with Gasteiger partial charge in [-0.2, -0.15) is 0 Å². The van der Waals surface area contributed by atoms with Crippen LogP contribution in [-0.4, -0.2) is 19.7 Å². The van der Waals surface area contributed by atoms with E-state index in [0.29, 0.717) is 0 Å². The Kier molecular flexibility index (Phi) is 5.18. The fourth-order valence-electron chi connectivity index (χ4n) is 1.19. The highest BCUT2D eigenvalue weighted by molar-refractivity contribution is 6.72. The number of nitrogens with two attached hydrogens (primary N) is 1. The van der Waals surface area contributed by atoms with Gasteiger partial charge in [0.2, 0.25) is 0 Å². The van der Waals surface area contributed by atoms with Crippen molar-refractivity contribution < 1.29 is 4.80 Å². The number of hydrogen-bond acceptors (Lipinski definition) is 2. The van der Waals surface area contributed by atoms with Crippen LogP contribution < -0.4 is 5.73 Å². The Labute approximate surface area is 83.7 Å². The zero-order valence-electron chi connectivity index (χ0n) is 9.56. The van der Waals surface area contributed by atoms with Gasteiger partial charge in [0.25, 0.3) is 0 Å². The maximum atomic E-state index is 10.0. The molecule has 3 N–H and O–H groups in total. The van der Waals surface area contributed by atoms with Crippen molar-refractivity contribution in [3.63, 3.8) is 0 Å². The van der Waals surface area contributed by atoms with Crippen molar-refractivity contribution in [3.8, 4) is 0 Å². The second-order valence-corrected chi connectivity index (χ2v) is 9.51. The molecule has 0 bridgehead atoms. The van der Waals surface area contributed by atoms with Gasteiger partial charge in [-0.05, 0) is 37.5 Å². The van der Waals surface area contributed by atoms with Crippen molar-refractivity contribution in [2.45, 2.75) is 57.7 Å². The lowest BCUT2D eigenvalue weighted by molar-refractivity contribution is 0.436. The minimum Gasteiger partial charge on any atom is -0.432 e. The van der Waals surface area contributed by atoms with E-state index >= 15 is 0 Å². The quantitative estimate of drug-likeness (QED) is 0.514. The monoisotopic (exact) mass is 203 g/mol. The molecule has 0 aliphatic heterocycles. The van der Waals surface area contributed by atoms with Crippen LogP contribution in [0, 0.1) is 0 Å². The summed E-state index contributed by atoms with van der Waals surface area (Å²) in [5.41, 5.74) is 5.42. The lowest BCUT2D eigenvalue weighted by Gasteiger charge is -2.35. The van der Waals surface area contributed by atoms with Crippen LogP contribution in [0.2, 0.25) is 18.1 Å². The fourth-order valence-corrected chi connectivity index (χ4v) is 1.98. The number of rotatable bonds is 6. The van der Waals surface area contributed by atoms with Crippen LogP contribution >= 0.6 is 0 Å². The summed E-state index contributed by atoms with van der Waals surface area (Å²) in [4.78, 5) is 10.0. The SMILES string of the molecule is CC(C)(CCCCCN)[Si](C)(C)O. The van der Waals surface area contributed by atoms with E-state index in [9.17, 15) is 4.80 Å². The normalized spacial score (nSPS) is 13.4. The molecule has 13 heavy (non-hydrogen) atoms. The van der Waals surface area contributed by atoms with Crippen LogP contribution in [0.5, 0.6) is 0 Å². The van der Waals surface area contributed by atoms with Crippen LogP contribution in [0.3, 0.4) is 0 Å². The summed E-state index contributed by atoms with van der Waals surface area (Å²) in [6.07, 6.45) is 4.64. The van der Waals surface area contributed by atoms with Crippen LogP contribution in [0.25, 0.3) is 0 Å². The first-order chi connectivity index (χ1) is 5.81. The molecule has 0 rings (SSSR count). The maximum Gasteiger partial charge on any atom is 0.188 e. The molecule has 0 aliphatic carbocycles. The highest BCUT2D eigenvalue weighted by Crippen LogP contribution is 2.40. The van der Waals surface area contributed by atoms with Crippen molar-refractivity contribution in [2.75, 3.05) is 6.54 Å².